The Hall–Kier alpha value is -3.45. The second kappa shape index (κ2) is 7.89. The van der Waals surface area contributed by atoms with Crippen LogP contribution in [-0.2, 0) is 4.79 Å². The van der Waals surface area contributed by atoms with Gasteiger partial charge in [-0.1, -0.05) is 35.4 Å². The number of aryl methyl sites for hydroxylation is 2. The van der Waals surface area contributed by atoms with Crippen molar-refractivity contribution >= 4 is 39.3 Å². The van der Waals surface area contributed by atoms with E-state index in [4.69, 9.17) is 4.42 Å². The second-order valence-electron chi connectivity index (χ2n) is 6.79. The molecule has 0 saturated heterocycles. The van der Waals surface area contributed by atoms with Crippen LogP contribution in [0.15, 0.2) is 58.3 Å². The molecule has 0 unspecified atom stereocenters. The lowest BCUT2D eigenvalue weighted by molar-refractivity contribution is -0.115. The van der Waals surface area contributed by atoms with Gasteiger partial charge in [-0.3, -0.25) is 9.59 Å². The van der Waals surface area contributed by atoms with Gasteiger partial charge in [-0.15, -0.1) is 11.3 Å². The standard InChI is InChI=1S/C22H19N3O3S/c1-13-7-14(2)9-16(8-13)21(27)23-11-20(26)25-22-24-17(12-29-22)19-10-15-5-3-4-6-18(15)28-19/h3-10,12H,11H2,1-2H3,(H,23,27)(H,24,25,26). The summed E-state index contributed by atoms with van der Waals surface area (Å²) in [4.78, 5) is 28.9. The number of aromatic nitrogens is 1. The molecule has 0 spiro atoms. The van der Waals surface area contributed by atoms with Crippen molar-refractivity contribution in [3.8, 4) is 11.5 Å². The van der Waals surface area contributed by atoms with E-state index in [-0.39, 0.29) is 18.4 Å². The highest BCUT2D eigenvalue weighted by Crippen LogP contribution is 2.30. The third-order valence-corrected chi connectivity index (χ3v) is 5.08. The fourth-order valence-corrected chi connectivity index (χ4v) is 3.80. The van der Waals surface area contributed by atoms with E-state index < -0.39 is 0 Å². The molecule has 0 aliphatic heterocycles. The zero-order chi connectivity index (χ0) is 20.4. The number of amides is 2. The molecule has 2 aromatic heterocycles. The number of anilines is 1. The lowest BCUT2D eigenvalue weighted by Crippen LogP contribution is -2.32. The van der Waals surface area contributed by atoms with Crippen LogP contribution in [-0.4, -0.2) is 23.3 Å². The van der Waals surface area contributed by atoms with Crippen LogP contribution in [0.4, 0.5) is 5.13 Å². The van der Waals surface area contributed by atoms with Gasteiger partial charge in [0.25, 0.3) is 5.91 Å². The molecule has 2 heterocycles. The van der Waals surface area contributed by atoms with Crippen LogP contribution in [0.5, 0.6) is 0 Å². The number of thiazole rings is 1. The van der Waals surface area contributed by atoms with Gasteiger partial charge in [-0.25, -0.2) is 4.98 Å². The van der Waals surface area contributed by atoms with Crippen LogP contribution >= 0.6 is 11.3 Å². The second-order valence-corrected chi connectivity index (χ2v) is 7.65. The molecule has 0 aliphatic rings. The number of benzene rings is 2. The molecule has 146 valence electrons. The number of fused-ring (bicyclic) bond motifs is 1. The summed E-state index contributed by atoms with van der Waals surface area (Å²) in [6.07, 6.45) is 0. The summed E-state index contributed by atoms with van der Waals surface area (Å²) in [7, 11) is 0. The van der Waals surface area contributed by atoms with Crippen LogP contribution in [0, 0.1) is 13.8 Å². The number of rotatable bonds is 5. The van der Waals surface area contributed by atoms with Gasteiger partial charge in [0, 0.05) is 16.3 Å². The largest absolute Gasteiger partial charge is 0.454 e. The first kappa shape index (κ1) is 18.9. The summed E-state index contributed by atoms with van der Waals surface area (Å²) in [5.41, 5.74) is 3.98. The number of para-hydroxylation sites is 1. The number of nitrogens with one attached hydrogen (secondary N) is 2. The maximum absolute atomic E-state index is 12.3. The minimum absolute atomic E-state index is 0.134. The summed E-state index contributed by atoms with van der Waals surface area (Å²) < 4.78 is 5.79. The Kier molecular flexibility index (Phi) is 5.14. The molecule has 6 nitrogen and oxygen atoms in total. The molecule has 2 N–H and O–H groups in total. The molecule has 0 atom stereocenters. The van der Waals surface area contributed by atoms with Gasteiger partial charge in [0.15, 0.2) is 10.9 Å². The van der Waals surface area contributed by atoms with Crippen molar-refractivity contribution < 1.29 is 14.0 Å². The molecule has 0 saturated carbocycles. The zero-order valence-corrected chi connectivity index (χ0v) is 16.8. The lowest BCUT2D eigenvalue weighted by atomic mass is 10.1. The van der Waals surface area contributed by atoms with Crippen molar-refractivity contribution in [2.45, 2.75) is 13.8 Å². The van der Waals surface area contributed by atoms with Gasteiger partial charge in [0.1, 0.15) is 11.3 Å². The predicted octanol–water partition coefficient (Wildman–Crippen LogP) is 4.54. The van der Waals surface area contributed by atoms with E-state index in [1.165, 1.54) is 11.3 Å². The van der Waals surface area contributed by atoms with Gasteiger partial charge in [-0.05, 0) is 38.1 Å². The number of carbonyl (C=O) groups is 2. The van der Waals surface area contributed by atoms with E-state index in [9.17, 15) is 9.59 Å². The number of hydrogen-bond acceptors (Lipinski definition) is 5. The first-order chi connectivity index (χ1) is 14.0. The Morgan fingerprint density at radius 2 is 1.83 bits per heavy atom. The van der Waals surface area contributed by atoms with Crippen LogP contribution in [0.25, 0.3) is 22.4 Å². The summed E-state index contributed by atoms with van der Waals surface area (Å²) in [5.74, 6) is 0.0216. The Bertz CT molecular complexity index is 1160. The first-order valence-electron chi connectivity index (χ1n) is 9.09. The van der Waals surface area contributed by atoms with Crippen molar-refractivity contribution in [2.75, 3.05) is 11.9 Å². The number of nitrogens with zero attached hydrogens (tertiary/aromatic N) is 1. The molecule has 0 aliphatic carbocycles. The topological polar surface area (TPSA) is 84.2 Å². The van der Waals surface area contributed by atoms with Crippen molar-refractivity contribution in [3.63, 3.8) is 0 Å². The SMILES string of the molecule is Cc1cc(C)cc(C(=O)NCC(=O)Nc2nc(-c3cc4ccccc4o3)cs2)c1. The molecule has 4 rings (SSSR count). The molecule has 29 heavy (non-hydrogen) atoms. The molecule has 0 radical (unpaired) electrons. The molecule has 0 fully saturated rings. The average Bonchev–Trinajstić information content (AvgIpc) is 3.31. The lowest BCUT2D eigenvalue weighted by Gasteiger charge is -2.07. The van der Waals surface area contributed by atoms with E-state index in [1.807, 2.05) is 55.6 Å². The number of furan rings is 1. The molecule has 0 bridgehead atoms. The maximum Gasteiger partial charge on any atom is 0.251 e. The smallest absolute Gasteiger partial charge is 0.251 e. The Balaban J connectivity index is 1.37. The Labute approximate surface area is 171 Å². The Morgan fingerprint density at radius 1 is 1.07 bits per heavy atom. The van der Waals surface area contributed by atoms with Gasteiger partial charge in [0.2, 0.25) is 5.91 Å². The van der Waals surface area contributed by atoms with Gasteiger partial charge < -0.3 is 15.1 Å². The van der Waals surface area contributed by atoms with Crippen molar-refractivity contribution in [1.82, 2.24) is 10.3 Å². The van der Waals surface area contributed by atoms with Crippen molar-refractivity contribution in [2.24, 2.45) is 0 Å². The van der Waals surface area contributed by atoms with E-state index in [0.717, 1.165) is 22.1 Å². The quantitative estimate of drug-likeness (QED) is 0.510. The maximum atomic E-state index is 12.3. The van der Waals surface area contributed by atoms with Crippen LogP contribution in [0.3, 0.4) is 0 Å². The minimum Gasteiger partial charge on any atom is -0.454 e. The highest BCUT2D eigenvalue weighted by atomic mass is 32.1. The third kappa shape index (κ3) is 4.35. The molecular weight excluding hydrogens is 386 g/mol. The molecule has 2 amide bonds. The molecule has 2 aromatic carbocycles. The first-order valence-corrected chi connectivity index (χ1v) is 9.97. The van der Waals surface area contributed by atoms with E-state index >= 15 is 0 Å². The van der Waals surface area contributed by atoms with Crippen LogP contribution in [0.2, 0.25) is 0 Å². The van der Waals surface area contributed by atoms with Crippen LogP contribution in [0.1, 0.15) is 21.5 Å². The summed E-state index contributed by atoms with van der Waals surface area (Å²) >= 11 is 1.30. The average molecular weight is 405 g/mol. The molecular formula is C22H19N3O3S. The van der Waals surface area contributed by atoms with Crippen molar-refractivity contribution in [3.05, 3.63) is 70.6 Å². The minimum atomic E-state index is -0.340. The van der Waals surface area contributed by atoms with E-state index in [0.29, 0.717) is 22.1 Å². The summed E-state index contributed by atoms with van der Waals surface area (Å²) in [6, 6.07) is 15.2. The van der Waals surface area contributed by atoms with Gasteiger partial charge >= 0.3 is 0 Å². The fraction of sp³-hybridized carbons (Fsp3) is 0.136. The molecule has 4 aromatic rings. The predicted molar refractivity (Wildman–Crippen MR) is 114 cm³/mol. The monoisotopic (exact) mass is 405 g/mol. The van der Waals surface area contributed by atoms with E-state index in [2.05, 4.69) is 15.6 Å². The Morgan fingerprint density at radius 3 is 2.59 bits per heavy atom. The van der Waals surface area contributed by atoms with Crippen LogP contribution < -0.4 is 10.6 Å². The fourth-order valence-electron chi connectivity index (χ4n) is 3.08. The van der Waals surface area contributed by atoms with Crippen molar-refractivity contribution in [1.29, 1.82) is 0 Å². The highest BCUT2D eigenvalue weighted by Gasteiger charge is 2.13. The summed E-state index contributed by atoms with van der Waals surface area (Å²) in [5, 5.41) is 8.61. The zero-order valence-electron chi connectivity index (χ0n) is 16.0. The summed E-state index contributed by atoms with van der Waals surface area (Å²) in [6.45, 7) is 3.72. The highest BCUT2D eigenvalue weighted by molar-refractivity contribution is 7.14. The van der Waals surface area contributed by atoms with Gasteiger partial charge in [-0.2, -0.15) is 0 Å². The third-order valence-electron chi connectivity index (χ3n) is 4.32. The normalized spacial score (nSPS) is 10.8. The number of carbonyl (C=O) groups excluding carboxylic acids is 2. The number of hydrogen-bond donors (Lipinski definition) is 2. The molecule has 7 heteroatoms. The van der Waals surface area contributed by atoms with E-state index in [1.54, 1.807) is 12.1 Å². The van der Waals surface area contributed by atoms with Gasteiger partial charge in [0.05, 0.1) is 6.54 Å².